The molecule has 1 N–H and O–H groups in total. The zero-order valence-corrected chi connectivity index (χ0v) is 11.4. The van der Waals surface area contributed by atoms with Crippen molar-refractivity contribution >= 4 is 46.6 Å². The monoisotopic (exact) mass is 283 g/mol. The molecular formula is C14H15Cl2NO. The number of nitrogens with zero attached hydrogens (tertiary/aromatic N) is 1. The Morgan fingerprint density at radius 3 is 1.67 bits per heavy atom. The lowest BCUT2D eigenvalue weighted by molar-refractivity contribution is 0.280. The molecule has 4 heteroatoms. The van der Waals surface area contributed by atoms with Crippen molar-refractivity contribution in [2.75, 3.05) is 6.61 Å². The molecule has 1 heterocycles. The van der Waals surface area contributed by atoms with Crippen LogP contribution in [0.25, 0.3) is 21.8 Å². The van der Waals surface area contributed by atoms with Crippen LogP contribution in [0.3, 0.4) is 0 Å². The molecule has 18 heavy (non-hydrogen) atoms. The van der Waals surface area contributed by atoms with Crippen LogP contribution in [0, 0.1) is 0 Å². The molecule has 0 saturated heterocycles. The number of aliphatic hydroxyl groups excluding tert-OH is 1. The predicted molar refractivity (Wildman–Crippen MR) is 81.0 cm³/mol. The summed E-state index contributed by atoms with van der Waals surface area (Å²) in [5, 5.41) is 11.6. The van der Waals surface area contributed by atoms with E-state index in [2.05, 4.69) is 41.0 Å². The first kappa shape index (κ1) is 14.8. The van der Waals surface area contributed by atoms with Gasteiger partial charge in [-0.2, -0.15) is 0 Å². The molecule has 0 fully saturated rings. The standard InChI is InChI=1S/C14H13NO.2ClH/c16-10-9-15-13-7-3-1-5-11(13)12-6-2-4-8-14(12)15;;/h1-8,16H,9-10H2;2*1H. The molecule has 0 spiro atoms. The number of hydrogen-bond donors (Lipinski definition) is 1. The van der Waals surface area contributed by atoms with E-state index in [9.17, 15) is 0 Å². The lowest BCUT2D eigenvalue weighted by atomic mass is 10.2. The Morgan fingerprint density at radius 2 is 1.22 bits per heavy atom. The third-order valence-corrected chi connectivity index (χ3v) is 3.00. The number of fused-ring (bicyclic) bond motifs is 3. The van der Waals surface area contributed by atoms with Crippen molar-refractivity contribution in [1.29, 1.82) is 0 Å². The maximum Gasteiger partial charge on any atom is 0.0610 e. The van der Waals surface area contributed by atoms with Crippen LogP contribution < -0.4 is 0 Å². The number of aliphatic hydroxyl groups is 1. The Hall–Kier alpha value is -1.22. The van der Waals surface area contributed by atoms with Crippen LogP contribution in [-0.2, 0) is 6.54 Å². The van der Waals surface area contributed by atoms with Crippen molar-refractivity contribution in [2.24, 2.45) is 0 Å². The number of halogens is 2. The van der Waals surface area contributed by atoms with E-state index in [4.69, 9.17) is 5.11 Å². The van der Waals surface area contributed by atoms with E-state index in [-0.39, 0.29) is 31.4 Å². The molecular weight excluding hydrogens is 269 g/mol. The molecule has 0 atom stereocenters. The molecule has 0 amide bonds. The van der Waals surface area contributed by atoms with Gasteiger partial charge in [0.05, 0.1) is 6.61 Å². The van der Waals surface area contributed by atoms with Gasteiger partial charge in [0.25, 0.3) is 0 Å². The molecule has 0 aliphatic carbocycles. The third kappa shape index (κ3) is 2.19. The number of benzene rings is 2. The molecule has 2 nitrogen and oxygen atoms in total. The minimum Gasteiger partial charge on any atom is -0.395 e. The van der Waals surface area contributed by atoms with E-state index in [0.717, 1.165) is 0 Å². The van der Waals surface area contributed by atoms with Gasteiger partial charge in [0.15, 0.2) is 0 Å². The molecule has 0 bridgehead atoms. The molecule has 0 saturated carbocycles. The zero-order chi connectivity index (χ0) is 11.0. The maximum atomic E-state index is 9.14. The minimum absolute atomic E-state index is 0. The average molecular weight is 284 g/mol. The number of hydrogen-bond acceptors (Lipinski definition) is 1. The van der Waals surface area contributed by atoms with Crippen LogP contribution in [0.4, 0.5) is 0 Å². The summed E-state index contributed by atoms with van der Waals surface area (Å²) in [6, 6.07) is 16.6. The second-order valence-corrected chi connectivity index (χ2v) is 3.91. The molecule has 0 radical (unpaired) electrons. The van der Waals surface area contributed by atoms with Crippen LogP contribution >= 0.6 is 24.8 Å². The number of rotatable bonds is 2. The van der Waals surface area contributed by atoms with Crippen LogP contribution in [0.1, 0.15) is 0 Å². The fourth-order valence-electron chi connectivity index (χ4n) is 2.34. The van der Waals surface area contributed by atoms with Crippen LogP contribution in [0.2, 0.25) is 0 Å². The summed E-state index contributed by atoms with van der Waals surface area (Å²) in [5.74, 6) is 0. The summed E-state index contributed by atoms with van der Waals surface area (Å²) in [5.41, 5.74) is 2.38. The second kappa shape index (κ2) is 6.10. The SMILES string of the molecule is Cl.Cl.OCCn1c2ccccc2c2ccccc21. The molecule has 0 unspecified atom stereocenters. The third-order valence-electron chi connectivity index (χ3n) is 3.00. The topological polar surface area (TPSA) is 25.2 Å². The molecule has 0 aliphatic heterocycles. The van der Waals surface area contributed by atoms with E-state index in [1.54, 1.807) is 0 Å². The molecule has 3 aromatic rings. The number of para-hydroxylation sites is 2. The van der Waals surface area contributed by atoms with Gasteiger partial charge in [0.2, 0.25) is 0 Å². The lowest BCUT2D eigenvalue weighted by Crippen LogP contribution is -2.00. The summed E-state index contributed by atoms with van der Waals surface area (Å²) < 4.78 is 2.17. The van der Waals surface area contributed by atoms with E-state index in [1.165, 1.54) is 21.8 Å². The molecule has 1 aromatic heterocycles. The molecule has 3 rings (SSSR count). The van der Waals surface area contributed by atoms with E-state index in [1.807, 2.05) is 12.1 Å². The van der Waals surface area contributed by atoms with E-state index >= 15 is 0 Å². The Morgan fingerprint density at radius 1 is 0.778 bits per heavy atom. The smallest absolute Gasteiger partial charge is 0.0610 e. The summed E-state index contributed by atoms with van der Waals surface area (Å²) in [6.45, 7) is 0.816. The largest absolute Gasteiger partial charge is 0.395 e. The van der Waals surface area contributed by atoms with Crippen molar-refractivity contribution in [3.63, 3.8) is 0 Å². The van der Waals surface area contributed by atoms with Gasteiger partial charge in [-0.15, -0.1) is 24.8 Å². The van der Waals surface area contributed by atoms with Gasteiger partial charge in [-0.25, -0.2) is 0 Å². The lowest BCUT2D eigenvalue weighted by Gasteiger charge is -2.03. The highest BCUT2D eigenvalue weighted by Gasteiger charge is 2.07. The fourth-order valence-corrected chi connectivity index (χ4v) is 2.34. The normalized spacial score (nSPS) is 10.1. The summed E-state index contributed by atoms with van der Waals surface area (Å²) >= 11 is 0. The Balaban J connectivity index is 0.000000810. The van der Waals surface area contributed by atoms with Crippen molar-refractivity contribution in [3.8, 4) is 0 Å². The Labute approximate surface area is 118 Å². The van der Waals surface area contributed by atoms with Gasteiger partial charge >= 0.3 is 0 Å². The van der Waals surface area contributed by atoms with Gasteiger partial charge in [0, 0.05) is 28.4 Å². The maximum absolute atomic E-state index is 9.14. The number of aromatic nitrogens is 1. The first-order valence-electron chi connectivity index (χ1n) is 5.48. The van der Waals surface area contributed by atoms with Gasteiger partial charge in [-0.3, -0.25) is 0 Å². The molecule has 96 valence electrons. The summed E-state index contributed by atoms with van der Waals surface area (Å²) in [4.78, 5) is 0. The summed E-state index contributed by atoms with van der Waals surface area (Å²) in [7, 11) is 0. The predicted octanol–water partition coefficient (Wildman–Crippen LogP) is 3.63. The minimum atomic E-state index is 0. The van der Waals surface area contributed by atoms with Crippen molar-refractivity contribution < 1.29 is 5.11 Å². The first-order valence-corrected chi connectivity index (χ1v) is 5.48. The van der Waals surface area contributed by atoms with E-state index < -0.39 is 0 Å². The zero-order valence-electron chi connectivity index (χ0n) is 9.74. The van der Waals surface area contributed by atoms with Crippen LogP contribution in [0.5, 0.6) is 0 Å². The first-order chi connectivity index (χ1) is 7.92. The van der Waals surface area contributed by atoms with Gasteiger partial charge in [-0.05, 0) is 12.1 Å². The average Bonchev–Trinajstić information content (AvgIpc) is 2.66. The fraction of sp³-hybridized carbons (Fsp3) is 0.143. The van der Waals surface area contributed by atoms with E-state index in [0.29, 0.717) is 6.54 Å². The van der Waals surface area contributed by atoms with Crippen LogP contribution in [-0.4, -0.2) is 16.3 Å². The molecule has 0 aliphatic rings. The quantitative estimate of drug-likeness (QED) is 0.763. The summed E-state index contributed by atoms with van der Waals surface area (Å²) in [6.07, 6.45) is 0. The van der Waals surface area contributed by atoms with Gasteiger partial charge < -0.3 is 9.67 Å². The van der Waals surface area contributed by atoms with Crippen LogP contribution in [0.15, 0.2) is 48.5 Å². The van der Waals surface area contributed by atoms with Crippen molar-refractivity contribution in [1.82, 2.24) is 4.57 Å². The second-order valence-electron chi connectivity index (χ2n) is 3.91. The Kier molecular flexibility index (Phi) is 5.03. The highest BCUT2D eigenvalue weighted by Crippen LogP contribution is 2.28. The van der Waals surface area contributed by atoms with Gasteiger partial charge in [-0.1, -0.05) is 36.4 Å². The van der Waals surface area contributed by atoms with Crippen molar-refractivity contribution in [2.45, 2.75) is 6.54 Å². The highest BCUT2D eigenvalue weighted by atomic mass is 35.5. The van der Waals surface area contributed by atoms with Crippen molar-refractivity contribution in [3.05, 3.63) is 48.5 Å². The molecule has 2 aromatic carbocycles. The Bertz CT molecular complexity index is 595. The highest BCUT2D eigenvalue weighted by molar-refractivity contribution is 6.07. The van der Waals surface area contributed by atoms with Gasteiger partial charge in [0.1, 0.15) is 0 Å².